The maximum atomic E-state index is 12.3. The number of nitrogens with one attached hydrogen (secondary N) is 1. The number of thiophene rings is 1. The molecule has 3 nitrogen and oxygen atoms in total. The number of nitrogen functional groups attached to an aromatic ring is 1. The van der Waals surface area contributed by atoms with Crippen molar-refractivity contribution in [2.45, 2.75) is 31.6 Å². The van der Waals surface area contributed by atoms with Crippen molar-refractivity contribution in [3.8, 4) is 0 Å². The van der Waals surface area contributed by atoms with Gasteiger partial charge in [0, 0.05) is 9.77 Å². The lowest BCUT2D eigenvalue weighted by Crippen LogP contribution is -2.11. The Morgan fingerprint density at radius 1 is 1.29 bits per heavy atom. The Balaban J connectivity index is 2.12. The van der Waals surface area contributed by atoms with Crippen molar-refractivity contribution in [2.75, 3.05) is 16.8 Å². The Hall–Kier alpha value is -1.46. The van der Waals surface area contributed by atoms with Gasteiger partial charge in [0.15, 0.2) is 0 Å². The van der Waals surface area contributed by atoms with Gasteiger partial charge in [-0.15, -0.1) is 23.1 Å². The smallest absolute Gasteiger partial charge is 0.265 e. The minimum absolute atomic E-state index is 0.0935. The topological polar surface area (TPSA) is 55.1 Å². The fourth-order valence-corrected chi connectivity index (χ4v) is 3.48. The molecule has 2 aromatic rings. The summed E-state index contributed by atoms with van der Waals surface area (Å²) in [5.74, 6) is 0.964. The largest absolute Gasteiger partial charge is 0.397 e. The van der Waals surface area contributed by atoms with E-state index in [0.29, 0.717) is 11.4 Å². The molecular weight excluding hydrogens is 300 g/mol. The number of aryl methyl sites for hydroxylation is 1. The molecule has 112 valence electrons. The number of benzene rings is 1. The van der Waals surface area contributed by atoms with Crippen molar-refractivity contribution in [3.63, 3.8) is 0 Å². The molecular formula is C16H20N2OS2. The summed E-state index contributed by atoms with van der Waals surface area (Å²) in [5, 5.41) is 2.91. The van der Waals surface area contributed by atoms with Gasteiger partial charge in [-0.05, 0) is 48.9 Å². The Morgan fingerprint density at radius 3 is 2.76 bits per heavy atom. The van der Waals surface area contributed by atoms with E-state index in [1.165, 1.54) is 16.2 Å². The van der Waals surface area contributed by atoms with Gasteiger partial charge in [0.05, 0.1) is 16.3 Å². The molecule has 0 saturated heterocycles. The SMILES string of the molecule is CCCSc1ccc(N)c(NC(=O)c2ccc(CC)s2)c1. The Morgan fingerprint density at radius 2 is 2.10 bits per heavy atom. The van der Waals surface area contributed by atoms with Crippen LogP contribution in [-0.2, 0) is 6.42 Å². The molecule has 1 amide bonds. The number of amides is 1. The monoisotopic (exact) mass is 320 g/mol. The minimum atomic E-state index is -0.0935. The van der Waals surface area contributed by atoms with Crippen LogP contribution in [0.1, 0.15) is 34.8 Å². The molecule has 2 rings (SSSR count). The maximum absolute atomic E-state index is 12.3. The van der Waals surface area contributed by atoms with Crippen LogP contribution in [0.15, 0.2) is 35.2 Å². The van der Waals surface area contributed by atoms with E-state index < -0.39 is 0 Å². The molecule has 21 heavy (non-hydrogen) atoms. The molecule has 1 heterocycles. The predicted molar refractivity (Wildman–Crippen MR) is 93.5 cm³/mol. The molecule has 0 aliphatic heterocycles. The van der Waals surface area contributed by atoms with Crippen LogP contribution in [0.25, 0.3) is 0 Å². The first kappa shape index (κ1) is 15.9. The summed E-state index contributed by atoms with van der Waals surface area (Å²) in [5.41, 5.74) is 7.24. The van der Waals surface area contributed by atoms with Crippen LogP contribution < -0.4 is 11.1 Å². The minimum Gasteiger partial charge on any atom is -0.397 e. The summed E-state index contributed by atoms with van der Waals surface area (Å²) >= 11 is 3.30. The number of carbonyl (C=O) groups is 1. The van der Waals surface area contributed by atoms with Crippen LogP contribution in [0.4, 0.5) is 11.4 Å². The molecule has 0 bridgehead atoms. The number of carbonyl (C=O) groups excluding carboxylic acids is 1. The number of rotatable bonds is 6. The van der Waals surface area contributed by atoms with E-state index in [9.17, 15) is 4.79 Å². The molecule has 0 unspecified atom stereocenters. The second-order valence-electron chi connectivity index (χ2n) is 4.67. The molecule has 0 aliphatic carbocycles. The first-order valence-electron chi connectivity index (χ1n) is 7.06. The average molecular weight is 320 g/mol. The zero-order valence-corrected chi connectivity index (χ0v) is 13.9. The van der Waals surface area contributed by atoms with Gasteiger partial charge in [-0.2, -0.15) is 0 Å². The number of hydrogen-bond donors (Lipinski definition) is 2. The summed E-state index contributed by atoms with van der Waals surface area (Å²) in [6.45, 7) is 4.23. The highest BCUT2D eigenvalue weighted by molar-refractivity contribution is 7.99. The zero-order chi connectivity index (χ0) is 15.2. The Bertz CT molecular complexity index is 622. The molecule has 0 saturated carbocycles. The van der Waals surface area contributed by atoms with Crippen LogP contribution in [-0.4, -0.2) is 11.7 Å². The van der Waals surface area contributed by atoms with Crippen molar-refractivity contribution >= 4 is 40.4 Å². The Kier molecular flexibility index (Phi) is 5.70. The molecule has 1 aromatic carbocycles. The highest BCUT2D eigenvalue weighted by Crippen LogP contribution is 2.28. The maximum Gasteiger partial charge on any atom is 0.265 e. The van der Waals surface area contributed by atoms with E-state index in [2.05, 4.69) is 19.2 Å². The fourth-order valence-electron chi connectivity index (χ4n) is 1.83. The number of thioether (sulfide) groups is 1. The lowest BCUT2D eigenvalue weighted by Gasteiger charge is -2.09. The van der Waals surface area contributed by atoms with Crippen molar-refractivity contribution in [2.24, 2.45) is 0 Å². The van der Waals surface area contributed by atoms with Gasteiger partial charge >= 0.3 is 0 Å². The highest BCUT2D eigenvalue weighted by atomic mass is 32.2. The van der Waals surface area contributed by atoms with Crippen molar-refractivity contribution < 1.29 is 4.79 Å². The molecule has 3 N–H and O–H groups in total. The second kappa shape index (κ2) is 7.52. The van der Waals surface area contributed by atoms with Crippen molar-refractivity contribution in [1.82, 2.24) is 0 Å². The van der Waals surface area contributed by atoms with Crippen molar-refractivity contribution in [3.05, 3.63) is 40.1 Å². The third-order valence-electron chi connectivity index (χ3n) is 2.98. The normalized spacial score (nSPS) is 10.6. The molecule has 1 aromatic heterocycles. The van der Waals surface area contributed by atoms with E-state index in [-0.39, 0.29) is 5.91 Å². The van der Waals surface area contributed by atoms with Crippen LogP contribution in [0.5, 0.6) is 0 Å². The van der Waals surface area contributed by atoms with Crippen LogP contribution in [0.2, 0.25) is 0 Å². The molecule has 0 aliphatic rings. The van der Waals surface area contributed by atoms with Gasteiger partial charge in [0.1, 0.15) is 0 Å². The van der Waals surface area contributed by atoms with Gasteiger partial charge in [-0.3, -0.25) is 4.79 Å². The van der Waals surface area contributed by atoms with Gasteiger partial charge < -0.3 is 11.1 Å². The Labute approximate surface area is 133 Å². The van der Waals surface area contributed by atoms with Gasteiger partial charge in [-0.25, -0.2) is 0 Å². The second-order valence-corrected chi connectivity index (χ2v) is 7.01. The van der Waals surface area contributed by atoms with Crippen molar-refractivity contribution in [1.29, 1.82) is 0 Å². The van der Waals surface area contributed by atoms with Gasteiger partial charge in [0.25, 0.3) is 5.91 Å². The molecule has 0 spiro atoms. The molecule has 0 fully saturated rings. The standard InChI is InChI=1S/C16H20N2OS2/c1-3-9-20-12-5-7-13(17)14(10-12)18-16(19)15-8-6-11(4-2)21-15/h5-8,10H,3-4,9,17H2,1-2H3,(H,18,19). The van der Waals surface area contributed by atoms with E-state index >= 15 is 0 Å². The third-order valence-corrected chi connectivity index (χ3v) is 5.41. The van der Waals surface area contributed by atoms with E-state index in [4.69, 9.17) is 5.73 Å². The zero-order valence-electron chi connectivity index (χ0n) is 12.3. The molecule has 0 radical (unpaired) electrons. The summed E-state index contributed by atoms with van der Waals surface area (Å²) in [6.07, 6.45) is 2.06. The molecule has 0 atom stereocenters. The molecule has 5 heteroatoms. The summed E-state index contributed by atoms with van der Waals surface area (Å²) in [6, 6.07) is 9.65. The number of hydrogen-bond acceptors (Lipinski definition) is 4. The first-order valence-corrected chi connectivity index (χ1v) is 8.86. The number of nitrogens with two attached hydrogens (primary N) is 1. The van der Waals surface area contributed by atoms with E-state index in [0.717, 1.165) is 28.4 Å². The van der Waals surface area contributed by atoms with Gasteiger partial charge in [0.2, 0.25) is 0 Å². The third kappa shape index (κ3) is 4.25. The number of anilines is 2. The summed E-state index contributed by atoms with van der Waals surface area (Å²) in [7, 11) is 0. The van der Waals surface area contributed by atoms with Crippen LogP contribution >= 0.6 is 23.1 Å². The van der Waals surface area contributed by atoms with Crippen LogP contribution in [0.3, 0.4) is 0 Å². The highest BCUT2D eigenvalue weighted by Gasteiger charge is 2.11. The predicted octanol–water partition coefficient (Wildman–Crippen LogP) is 4.65. The van der Waals surface area contributed by atoms with Gasteiger partial charge in [-0.1, -0.05) is 13.8 Å². The summed E-state index contributed by atoms with van der Waals surface area (Å²) < 4.78 is 0. The lowest BCUT2D eigenvalue weighted by atomic mass is 10.2. The quantitative estimate of drug-likeness (QED) is 0.602. The van der Waals surface area contributed by atoms with E-state index in [1.807, 2.05) is 30.3 Å². The lowest BCUT2D eigenvalue weighted by molar-refractivity contribution is 0.103. The van der Waals surface area contributed by atoms with E-state index in [1.54, 1.807) is 11.8 Å². The summed E-state index contributed by atoms with van der Waals surface area (Å²) in [4.78, 5) is 15.3. The van der Waals surface area contributed by atoms with Crippen LogP contribution in [0, 0.1) is 0 Å². The average Bonchev–Trinajstić information content (AvgIpc) is 2.97. The fraction of sp³-hybridized carbons (Fsp3) is 0.312. The first-order chi connectivity index (χ1) is 10.1.